The second kappa shape index (κ2) is 8.79. The van der Waals surface area contributed by atoms with Crippen LogP contribution in [-0.4, -0.2) is 41.5 Å². The molecule has 0 unspecified atom stereocenters. The summed E-state index contributed by atoms with van der Waals surface area (Å²) in [5, 5.41) is 9.51. The summed E-state index contributed by atoms with van der Waals surface area (Å²) in [6, 6.07) is 7.27. The molecule has 31 heavy (non-hydrogen) atoms. The third-order valence-corrected chi connectivity index (χ3v) is 9.03. The summed E-state index contributed by atoms with van der Waals surface area (Å²) in [5.74, 6) is -0.462. The predicted molar refractivity (Wildman–Crippen MR) is 120 cm³/mol. The third-order valence-electron chi connectivity index (χ3n) is 7.03. The zero-order chi connectivity index (χ0) is 22.2. The van der Waals surface area contributed by atoms with Crippen molar-refractivity contribution in [3.8, 4) is 0 Å². The minimum atomic E-state index is -3.52. The van der Waals surface area contributed by atoms with E-state index < -0.39 is 16.0 Å². The van der Waals surface area contributed by atoms with Gasteiger partial charge in [-0.25, -0.2) is 8.42 Å². The molecule has 1 aromatic heterocycles. The molecular formula is C24H32N2O4S. The van der Waals surface area contributed by atoms with Crippen LogP contribution in [0.25, 0.3) is 0 Å². The van der Waals surface area contributed by atoms with E-state index in [0.717, 1.165) is 53.8 Å². The Hall–Kier alpha value is -2.12. The molecular weight excluding hydrogens is 412 g/mol. The minimum absolute atomic E-state index is 0.0494. The van der Waals surface area contributed by atoms with Gasteiger partial charge in [0.15, 0.2) is 0 Å². The molecule has 0 atom stereocenters. The van der Waals surface area contributed by atoms with Crippen LogP contribution in [0.5, 0.6) is 0 Å². The van der Waals surface area contributed by atoms with Crippen LogP contribution in [0.4, 0.5) is 0 Å². The maximum atomic E-state index is 13.3. The van der Waals surface area contributed by atoms with E-state index in [-0.39, 0.29) is 6.54 Å². The van der Waals surface area contributed by atoms with Gasteiger partial charge in [-0.2, -0.15) is 4.31 Å². The van der Waals surface area contributed by atoms with Gasteiger partial charge < -0.3 is 9.67 Å². The first-order valence-corrected chi connectivity index (χ1v) is 12.7. The van der Waals surface area contributed by atoms with Crippen molar-refractivity contribution in [2.75, 3.05) is 13.1 Å². The van der Waals surface area contributed by atoms with Crippen LogP contribution in [0.3, 0.4) is 0 Å². The number of rotatable bonds is 7. The fourth-order valence-electron chi connectivity index (χ4n) is 5.46. The van der Waals surface area contributed by atoms with Crippen LogP contribution in [0.15, 0.2) is 29.2 Å². The molecule has 0 spiro atoms. The fourth-order valence-corrected chi connectivity index (χ4v) is 7.20. The van der Waals surface area contributed by atoms with E-state index in [9.17, 15) is 18.3 Å². The second-order valence-corrected chi connectivity index (χ2v) is 10.8. The molecule has 1 aromatic carbocycles. The van der Waals surface area contributed by atoms with Crippen molar-refractivity contribution >= 4 is 16.0 Å². The Labute approximate surface area is 184 Å². The number of benzene rings is 1. The molecule has 7 heteroatoms. The first-order valence-electron chi connectivity index (χ1n) is 11.3. The van der Waals surface area contributed by atoms with Crippen LogP contribution in [0.1, 0.15) is 72.5 Å². The number of carboxylic acid groups (broad SMARTS) is 1. The molecule has 1 N–H and O–H groups in total. The molecule has 2 heterocycles. The third kappa shape index (κ3) is 4.17. The van der Waals surface area contributed by atoms with Gasteiger partial charge in [-0.3, -0.25) is 4.79 Å². The zero-order valence-corrected chi connectivity index (χ0v) is 19.2. The lowest BCUT2D eigenvalue weighted by Crippen LogP contribution is -2.28. The van der Waals surface area contributed by atoms with Crippen molar-refractivity contribution < 1.29 is 18.3 Å². The topological polar surface area (TPSA) is 79.6 Å². The van der Waals surface area contributed by atoms with Crippen molar-refractivity contribution in [1.82, 2.24) is 8.87 Å². The van der Waals surface area contributed by atoms with E-state index in [1.165, 1.54) is 12.8 Å². The normalized spacial score (nSPS) is 18.1. The van der Waals surface area contributed by atoms with E-state index in [1.54, 1.807) is 16.4 Å². The highest BCUT2D eigenvalue weighted by molar-refractivity contribution is 7.89. The maximum absolute atomic E-state index is 13.3. The maximum Gasteiger partial charge on any atom is 0.323 e. The van der Waals surface area contributed by atoms with Crippen LogP contribution in [0.2, 0.25) is 0 Å². The van der Waals surface area contributed by atoms with Crippen molar-refractivity contribution in [3.63, 3.8) is 0 Å². The van der Waals surface area contributed by atoms with E-state index >= 15 is 0 Å². The van der Waals surface area contributed by atoms with Crippen LogP contribution >= 0.6 is 0 Å². The SMILES string of the molecule is Cc1c(Cc2ccccc2S(=O)(=O)N2CCCC2)c(C)n(CC(=O)O)c1C1CCCC1. The van der Waals surface area contributed by atoms with Crippen molar-refractivity contribution in [2.24, 2.45) is 0 Å². The molecule has 4 rings (SSSR count). The number of hydrogen-bond acceptors (Lipinski definition) is 3. The molecule has 2 aliphatic rings. The second-order valence-electron chi connectivity index (χ2n) is 8.93. The lowest BCUT2D eigenvalue weighted by Gasteiger charge is -2.18. The smallest absolute Gasteiger partial charge is 0.323 e. The molecule has 1 saturated heterocycles. The highest BCUT2D eigenvalue weighted by Crippen LogP contribution is 2.39. The Morgan fingerprint density at radius 1 is 1.06 bits per heavy atom. The standard InChI is InChI=1S/C24H32N2O4S/c1-17-21(18(2)26(16-23(27)28)24(17)19-9-3-4-10-19)15-20-11-5-6-12-22(20)31(29,30)25-13-7-8-14-25/h5-6,11-12,19H,3-4,7-10,13-16H2,1-2H3,(H,27,28). The molecule has 6 nitrogen and oxygen atoms in total. The quantitative estimate of drug-likeness (QED) is 0.693. The predicted octanol–water partition coefficient (Wildman–Crippen LogP) is 4.22. The number of carbonyl (C=O) groups is 1. The molecule has 2 aromatic rings. The molecule has 1 aliphatic carbocycles. The fraction of sp³-hybridized carbons (Fsp3) is 0.542. The van der Waals surface area contributed by atoms with Gasteiger partial charge in [-0.15, -0.1) is 0 Å². The van der Waals surface area contributed by atoms with E-state index in [4.69, 9.17) is 0 Å². The van der Waals surface area contributed by atoms with Crippen molar-refractivity contribution in [2.45, 2.75) is 76.2 Å². The summed E-state index contributed by atoms with van der Waals surface area (Å²) in [6.45, 7) is 5.16. The van der Waals surface area contributed by atoms with Gasteiger partial charge in [0, 0.05) is 30.9 Å². The molecule has 168 valence electrons. The average molecular weight is 445 g/mol. The summed E-state index contributed by atoms with van der Waals surface area (Å²) in [6.07, 6.45) is 6.83. The van der Waals surface area contributed by atoms with E-state index in [0.29, 0.717) is 30.3 Å². The largest absolute Gasteiger partial charge is 0.480 e. The Bertz CT molecular complexity index is 1080. The Balaban J connectivity index is 1.76. The molecule has 0 amide bonds. The highest BCUT2D eigenvalue weighted by atomic mass is 32.2. The van der Waals surface area contributed by atoms with Gasteiger partial charge in [0.05, 0.1) is 4.90 Å². The summed E-state index contributed by atoms with van der Waals surface area (Å²) < 4.78 is 30.1. The van der Waals surface area contributed by atoms with Gasteiger partial charge in [0.2, 0.25) is 10.0 Å². The molecule has 1 saturated carbocycles. The molecule has 2 fully saturated rings. The summed E-state index contributed by atoms with van der Waals surface area (Å²) in [7, 11) is -3.52. The number of aromatic nitrogens is 1. The Morgan fingerprint density at radius 3 is 2.35 bits per heavy atom. The van der Waals surface area contributed by atoms with Gasteiger partial charge >= 0.3 is 5.97 Å². The van der Waals surface area contributed by atoms with E-state index in [1.807, 2.05) is 23.6 Å². The first kappa shape index (κ1) is 22.1. The van der Waals surface area contributed by atoms with Crippen LogP contribution < -0.4 is 0 Å². The summed E-state index contributed by atoms with van der Waals surface area (Å²) in [5.41, 5.74) is 5.04. The number of carboxylic acids is 1. The first-order chi connectivity index (χ1) is 14.8. The minimum Gasteiger partial charge on any atom is -0.480 e. The van der Waals surface area contributed by atoms with Gasteiger partial charge in [-0.05, 0) is 68.2 Å². The van der Waals surface area contributed by atoms with Crippen molar-refractivity contribution in [3.05, 3.63) is 52.3 Å². The summed E-state index contributed by atoms with van der Waals surface area (Å²) in [4.78, 5) is 12.0. The number of sulfonamides is 1. The zero-order valence-electron chi connectivity index (χ0n) is 18.4. The summed E-state index contributed by atoms with van der Waals surface area (Å²) >= 11 is 0. The number of nitrogens with zero attached hydrogens (tertiary/aromatic N) is 2. The van der Waals surface area contributed by atoms with Gasteiger partial charge in [-0.1, -0.05) is 31.0 Å². The van der Waals surface area contributed by atoms with Crippen LogP contribution in [-0.2, 0) is 27.8 Å². The number of aliphatic carboxylic acids is 1. The van der Waals surface area contributed by atoms with E-state index in [2.05, 4.69) is 6.92 Å². The molecule has 0 radical (unpaired) electrons. The number of hydrogen-bond donors (Lipinski definition) is 1. The van der Waals surface area contributed by atoms with Gasteiger partial charge in [0.1, 0.15) is 6.54 Å². The highest BCUT2D eigenvalue weighted by Gasteiger charge is 2.31. The van der Waals surface area contributed by atoms with Gasteiger partial charge in [0.25, 0.3) is 0 Å². The monoisotopic (exact) mass is 444 g/mol. The van der Waals surface area contributed by atoms with Crippen molar-refractivity contribution in [1.29, 1.82) is 0 Å². The Kier molecular flexibility index (Phi) is 6.26. The van der Waals surface area contributed by atoms with Crippen LogP contribution in [0, 0.1) is 13.8 Å². The lowest BCUT2D eigenvalue weighted by molar-refractivity contribution is -0.137. The lowest BCUT2D eigenvalue weighted by atomic mass is 9.96. The molecule has 1 aliphatic heterocycles. The molecule has 0 bridgehead atoms. The average Bonchev–Trinajstić information content (AvgIpc) is 3.48. The Morgan fingerprint density at radius 2 is 1.71 bits per heavy atom.